The van der Waals surface area contributed by atoms with Gasteiger partial charge in [0.25, 0.3) is 0 Å². The third kappa shape index (κ3) is 3.33. The SMILES string of the molecule is CCCOc1ccccc1C(=O)c1ccc(Cl)cc1Cl. The first-order valence-corrected chi connectivity index (χ1v) is 7.10. The summed E-state index contributed by atoms with van der Waals surface area (Å²) in [5.74, 6) is 0.406. The Kier molecular flexibility index (Phi) is 5.05. The Bertz CT molecular complexity index is 624. The molecule has 0 saturated heterocycles. The molecule has 0 N–H and O–H groups in total. The van der Waals surface area contributed by atoms with Crippen LogP contribution in [0.3, 0.4) is 0 Å². The van der Waals surface area contributed by atoms with E-state index in [0.717, 1.165) is 6.42 Å². The Morgan fingerprint density at radius 3 is 2.55 bits per heavy atom. The van der Waals surface area contributed by atoms with Crippen molar-refractivity contribution in [3.63, 3.8) is 0 Å². The van der Waals surface area contributed by atoms with Crippen molar-refractivity contribution < 1.29 is 9.53 Å². The van der Waals surface area contributed by atoms with Crippen LogP contribution in [0.4, 0.5) is 0 Å². The zero-order valence-corrected chi connectivity index (χ0v) is 12.5. The molecule has 0 bridgehead atoms. The number of halogens is 2. The first-order valence-electron chi connectivity index (χ1n) is 6.35. The van der Waals surface area contributed by atoms with Gasteiger partial charge in [0.15, 0.2) is 5.78 Å². The molecule has 2 aromatic rings. The standard InChI is InChI=1S/C16H14Cl2O2/c1-2-9-20-15-6-4-3-5-13(15)16(19)12-8-7-11(17)10-14(12)18/h3-8,10H,2,9H2,1H3. The molecule has 4 heteroatoms. The fourth-order valence-electron chi connectivity index (χ4n) is 1.81. The predicted octanol–water partition coefficient (Wildman–Crippen LogP) is 5.01. The number of carbonyl (C=O) groups excluding carboxylic acids is 1. The average molecular weight is 309 g/mol. The molecule has 2 rings (SSSR count). The van der Waals surface area contributed by atoms with Crippen molar-refractivity contribution in [1.29, 1.82) is 0 Å². The summed E-state index contributed by atoms with van der Waals surface area (Å²) < 4.78 is 5.60. The number of hydrogen-bond acceptors (Lipinski definition) is 2. The number of rotatable bonds is 5. The van der Waals surface area contributed by atoms with Gasteiger partial charge in [-0.05, 0) is 36.8 Å². The van der Waals surface area contributed by atoms with Crippen molar-refractivity contribution in [3.05, 3.63) is 63.6 Å². The van der Waals surface area contributed by atoms with Gasteiger partial charge in [-0.1, -0.05) is 42.3 Å². The molecule has 0 atom stereocenters. The molecular formula is C16H14Cl2O2. The first-order chi connectivity index (χ1) is 9.63. The van der Waals surface area contributed by atoms with Crippen LogP contribution in [-0.4, -0.2) is 12.4 Å². The number of ether oxygens (including phenoxy) is 1. The number of ketones is 1. The van der Waals surface area contributed by atoms with Gasteiger partial charge in [-0.2, -0.15) is 0 Å². The lowest BCUT2D eigenvalue weighted by molar-refractivity contribution is 0.103. The monoisotopic (exact) mass is 308 g/mol. The minimum atomic E-state index is -0.168. The molecule has 0 radical (unpaired) electrons. The topological polar surface area (TPSA) is 26.3 Å². The summed E-state index contributed by atoms with van der Waals surface area (Å²) in [6.45, 7) is 2.58. The average Bonchev–Trinajstić information content (AvgIpc) is 2.45. The molecule has 104 valence electrons. The molecule has 0 spiro atoms. The van der Waals surface area contributed by atoms with E-state index in [0.29, 0.717) is 33.5 Å². The fourth-order valence-corrected chi connectivity index (χ4v) is 2.31. The molecule has 0 aliphatic heterocycles. The third-order valence-corrected chi connectivity index (χ3v) is 3.32. The quantitative estimate of drug-likeness (QED) is 0.725. The van der Waals surface area contributed by atoms with Gasteiger partial charge < -0.3 is 4.74 Å². The van der Waals surface area contributed by atoms with E-state index in [9.17, 15) is 4.79 Å². The Labute approximate surface area is 128 Å². The van der Waals surface area contributed by atoms with Crippen LogP contribution in [0.2, 0.25) is 10.0 Å². The molecule has 20 heavy (non-hydrogen) atoms. The minimum Gasteiger partial charge on any atom is -0.493 e. The molecule has 0 unspecified atom stereocenters. The Morgan fingerprint density at radius 1 is 1.10 bits per heavy atom. The summed E-state index contributed by atoms with van der Waals surface area (Å²) in [4.78, 5) is 12.6. The van der Waals surface area contributed by atoms with Gasteiger partial charge in [-0.15, -0.1) is 0 Å². The summed E-state index contributed by atoms with van der Waals surface area (Å²) in [7, 11) is 0. The summed E-state index contributed by atoms with van der Waals surface area (Å²) in [6, 6.07) is 12.0. The second-order valence-electron chi connectivity index (χ2n) is 4.30. The van der Waals surface area contributed by atoms with E-state index in [4.69, 9.17) is 27.9 Å². The Hall–Kier alpha value is -1.51. The largest absolute Gasteiger partial charge is 0.493 e. The van der Waals surface area contributed by atoms with Gasteiger partial charge in [0.1, 0.15) is 5.75 Å². The van der Waals surface area contributed by atoms with Gasteiger partial charge in [0, 0.05) is 10.6 Å². The lowest BCUT2D eigenvalue weighted by Gasteiger charge is -2.10. The molecule has 0 saturated carbocycles. The molecule has 0 heterocycles. The summed E-state index contributed by atoms with van der Waals surface area (Å²) in [5, 5.41) is 0.842. The van der Waals surface area contributed by atoms with Gasteiger partial charge in [0.2, 0.25) is 0 Å². The van der Waals surface area contributed by atoms with Crippen LogP contribution >= 0.6 is 23.2 Å². The molecule has 0 aliphatic rings. The van der Waals surface area contributed by atoms with Crippen LogP contribution in [0.15, 0.2) is 42.5 Å². The van der Waals surface area contributed by atoms with Gasteiger partial charge in [-0.3, -0.25) is 4.79 Å². The molecule has 2 nitrogen and oxygen atoms in total. The van der Waals surface area contributed by atoms with E-state index in [2.05, 4.69) is 0 Å². The summed E-state index contributed by atoms with van der Waals surface area (Å²) in [5.41, 5.74) is 0.925. The number of carbonyl (C=O) groups is 1. The van der Waals surface area contributed by atoms with Crippen LogP contribution in [-0.2, 0) is 0 Å². The van der Waals surface area contributed by atoms with Gasteiger partial charge >= 0.3 is 0 Å². The highest BCUT2D eigenvalue weighted by Gasteiger charge is 2.17. The smallest absolute Gasteiger partial charge is 0.198 e. The van der Waals surface area contributed by atoms with Gasteiger partial charge in [0.05, 0.1) is 17.2 Å². The van der Waals surface area contributed by atoms with Crippen LogP contribution in [0.5, 0.6) is 5.75 Å². The maximum absolute atomic E-state index is 12.6. The molecule has 0 aromatic heterocycles. The molecular weight excluding hydrogens is 295 g/mol. The van der Waals surface area contributed by atoms with Crippen LogP contribution in [0, 0.1) is 0 Å². The number of hydrogen-bond donors (Lipinski definition) is 0. The number of para-hydroxylation sites is 1. The minimum absolute atomic E-state index is 0.168. The molecule has 2 aromatic carbocycles. The lowest BCUT2D eigenvalue weighted by atomic mass is 10.0. The highest BCUT2D eigenvalue weighted by molar-refractivity contribution is 6.37. The van der Waals surface area contributed by atoms with Gasteiger partial charge in [-0.25, -0.2) is 0 Å². The molecule has 0 fully saturated rings. The van der Waals surface area contributed by atoms with E-state index in [1.807, 2.05) is 13.0 Å². The summed E-state index contributed by atoms with van der Waals surface area (Å²) in [6.07, 6.45) is 0.879. The van der Waals surface area contributed by atoms with Crippen molar-refractivity contribution >= 4 is 29.0 Å². The maximum atomic E-state index is 12.6. The zero-order chi connectivity index (χ0) is 14.5. The lowest BCUT2D eigenvalue weighted by Crippen LogP contribution is -2.06. The second-order valence-corrected chi connectivity index (χ2v) is 5.14. The molecule has 0 amide bonds. The highest BCUT2D eigenvalue weighted by Crippen LogP contribution is 2.27. The highest BCUT2D eigenvalue weighted by atomic mass is 35.5. The van der Waals surface area contributed by atoms with Crippen LogP contribution in [0.1, 0.15) is 29.3 Å². The predicted molar refractivity (Wildman–Crippen MR) is 82.1 cm³/mol. The molecule has 0 aliphatic carbocycles. The van der Waals surface area contributed by atoms with Crippen LogP contribution < -0.4 is 4.74 Å². The first kappa shape index (κ1) is 14.9. The Balaban J connectivity index is 2.38. The van der Waals surface area contributed by atoms with E-state index >= 15 is 0 Å². The van der Waals surface area contributed by atoms with Crippen molar-refractivity contribution in [2.24, 2.45) is 0 Å². The second kappa shape index (κ2) is 6.78. The van der Waals surface area contributed by atoms with Crippen molar-refractivity contribution in [1.82, 2.24) is 0 Å². The van der Waals surface area contributed by atoms with Crippen LogP contribution in [0.25, 0.3) is 0 Å². The zero-order valence-electron chi connectivity index (χ0n) is 11.0. The van der Waals surface area contributed by atoms with E-state index in [1.54, 1.807) is 36.4 Å². The Morgan fingerprint density at radius 2 is 1.85 bits per heavy atom. The van der Waals surface area contributed by atoms with Crippen molar-refractivity contribution in [3.8, 4) is 5.75 Å². The van der Waals surface area contributed by atoms with E-state index in [-0.39, 0.29) is 5.78 Å². The summed E-state index contributed by atoms with van der Waals surface area (Å²) >= 11 is 11.9. The fraction of sp³-hybridized carbons (Fsp3) is 0.188. The van der Waals surface area contributed by atoms with Crippen molar-refractivity contribution in [2.45, 2.75) is 13.3 Å². The third-order valence-electron chi connectivity index (χ3n) is 2.77. The normalized spacial score (nSPS) is 10.3. The maximum Gasteiger partial charge on any atom is 0.198 e. The van der Waals surface area contributed by atoms with Crippen molar-refractivity contribution in [2.75, 3.05) is 6.61 Å². The number of benzene rings is 2. The van der Waals surface area contributed by atoms with E-state index < -0.39 is 0 Å². The van der Waals surface area contributed by atoms with E-state index in [1.165, 1.54) is 0 Å².